The number of aryl methyl sites for hydroxylation is 1. The summed E-state index contributed by atoms with van der Waals surface area (Å²) in [6.45, 7) is 2.08. The largest absolute Gasteiger partial charge is 0.508 e. The normalized spacial score (nSPS) is 10.9. The summed E-state index contributed by atoms with van der Waals surface area (Å²) < 4.78 is 1.16. The predicted molar refractivity (Wildman–Crippen MR) is 138 cm³/mol. The van der Waals surface area contributed by atoms with Gasteiger partial charge in [-0.25, -0.2) is 9.97 Å². The summed E-state index contributed by atoms with van der Waals surface area (Å²) in [6.07, 6.45) is 1.67. The number of benzene rings is 3. The van der Waals surface area contributed by atoms with Gasteiger partial charge in [-0.2, -0.15) is 0 Å². The molecule has 0 bridgehead atoms. The lowest BCUT2D eigenvalue weighted by Crippen LogP contribution is -2.11. The topological polar surface area (TPSA) is 113 Å². The van der Waals surface area contributed by atoms with Crippen LogP contribution in [-0.4, -0.2) is 21.0 Å². The van der Waals surface area contributed by atoms with Crippen LogP contribution in [0.3, 0.4) is 0 Å². The van der Waals surface area contributed by atoms with Crippen molar-refractivity contribution in [3.05, 3.63) is 90.1 Å². The quantitative estimate of drug-likeness (QED) is 0.254. The van der Waals surface area contributed by atoms with Crippen LogP contribution in [0.5, 0.6) is 5.75 Å². The molecule has 168 valence electrons. The lowest BCUT2D eigenvalue weighted by Gasteiger charge is -2.10. The number of phenols is 1. The maximum atomic E-state index is 12.5. The number of phenolic OH excluding ortho intramolecular Hbond substituents is 1. The molecule has 1 amide bonds. The van der Waals surface area contributed by atoms with Crippen LogP contribution in [0.15, 0.2) is 79.0 Å². The minimum atomic E-state index is -0.245. The number of aromatic nitrogens is 2. The van der Waals surface area contributed by atoms with Gasteiger partial charge in [-0.3, -0.25) is 4.79 Å². The Hall–Kier alpha value is -4.43. The number of hydrogen-bond acceptors (Lipinski definition) is 7. The number of hydrogen-bond donors (Lipinski definition) is 4. The zero-order chi connectivity index (χ0) is 23.7. The lowest BCUT2D eigenvalue weighted by atomic mass is 10.1. The molecule has 5 rings (SSSR count). The van der Waals surface area contributed by atoms with Gasteiger partial charge in [-0.15, -0.1) is 11.3 Å². The Bertz CT molecular complexity index is 1510. The molecule has 0 atom stereocenters. The van der Waals surface area contributed by atoms with E-state index in [1.165, 1.54) is 12.1 Å². The van der Waals surface area contributed by atoms with E-state index in [1.807, 2.05) is 36.4 Å². The molecule has 0 aliphatic heterocycles. The first-order chi connectivity index (χ1) is 16.5. The van der Waals surface area contributed by atoms with Crippen LogP contribution in [-0.2, 0) is 0 Å². The van der Waals surface area contributed by atoms with E-state index in [0.717, 1.165) is 37.6 Å². The van der Waals surface area contributed by atoms with Gasteiger partial charge in [0, 0.05) is 33.5 Å². The molecule has 0 saturated heterocycles. The number of carbonyl (C=O) groups excluding carboxylic acids is 1. The number of nitrogens with one attached hydrogen (secondary N) is 2. The van der Waals surface area contributed by atoms with Crippen molar-refractivity contribution >= 4 is 50.3 Å². The van der Waals surface area contributed by atoms with Crippen molar-refractivity contribution in [3.63, 3.8) is 0 Å². The van der Waals surface area contributed by atoms with Crippen LogP contribution in [0.4, 0.5) is 23.0 Å². The van der Waals surface area contributed by atoms with Crippen molar-refractivity contribution in [2.45, 2.75) is 6.92 Å². The monoisotopic (exact) mass is 467 g/mol. The minimum absolute atomic E-state index is 0.119. The SMILES string of the molecule is Cc1c(-c2ccnc(N)n2)sc2ccc(Nc3cccc(NC(=O)c4ccc(O)cc4)c3)cc12. The summed E-state index contributed by atoms with van der Waals surface area (Å²) in [5.74, 6) is 0.133. The van der Waals surface area contributed by atoms with Crippen molar-refractivity contribution < 1.29 is 9.90 Å². The van der Waals surface area contributed by atoms with Crippen molar-refractivity contribution in [2.75, 3.05) is 16.4 Å². The summed E-state index contributed by atoms with van der Waals surface area (Å²) in [4.78, 5) is 21.9. The average Bonchev–Trinajstić information content (AvgIpc) is 3.16. The molecule has 0 fully saturated rings. The van der Waals surface area contributed by atoms with Gasteiger partial charge < -0.3 is 21.5 Å². The van der Waals surface area contributed by atoms with Gasteiger partial charge in [0.05, 0.1) is 10.6 Å². The highest BCUT2D eigenvalue weighted by molar-refractivity contribution is 7.22. The number of thiophene rings is 1. The Morgan fingerprint density at radius 3 is 2.53 bits per heavy atom. The predicted octanol–water partition coefficient (Wildman–Crippen LogP) is 5.95. The second-order valence-electron chi connectivity index (χ2n) is 7.77. The lowest BCUT2D eigenvalue weighted by molar-refractivity contribution is 0.102. The first-order valence-electron chi connectivity index (χ1n) is 10.6. The van der Waals surface area contributed by atoms with Gasteiger partial charge in [0.25, 0.3) is 5.91 Å². The van der Waals surface area contributed by atoms with E-state index in [4.69, 9.17) is 5.73 Å². The average molecular weight is 468 g/mol. The van der Waals surface area contributed by atoms with E-state index in [-0.39, 0.29) is 17.6 Å². The molecule has 34 heavy (non-hydrogen) atoms. The Kier molecular flexibility index (Phi) is 5.57. The summed E-state index contributed by atoms with van der Waals surface area (Å²) in [5.41, 5.74) is 10.6. The number of nitrogen functional groups attached to an aromatic ring is 1. The third-order valence-electron chi connectivity index (χ3n) is 5.38. The molecule has 0 spiro atoms. The molecule has 0 unspecified atom stereocenters. The Labute approximate surface area is 199 Å². The Balaban J connectivity index is 1.37. The molecular formula is C26H21N5O2S. The van der Waals surface area contributed by atoms with Gasteiger partial charge in [0.1, 0.15) is 5.75 Å². The molecule has 2 aromatic heterocycles. The van der Waals surface area contributed by atoms with E-state index in [1.54, 1.807) is 29.7 Å². The second-order valence-corrected chi connectivity index (χ2v) is 8.83. The number of amides is 1. The van der Waals surface area contributed by atoms with Crippen molar-refractivity contribution in [1.82, 2.24) is 9.97 Å². The fourth-order valence-corrected chi connectivity index (χ4v) is 4.86. The van der Waals surface area contributed by atoms with E-state index in [9.17, 15) is 9.90 Å². The molecule has 5 N–H and O–H groups in total. The van der Waals surface area contributed by atoms with Gasteiger partial charge in [0.2, 0.25) is 5.95 Å². The number of fused-ring (bicyclic) bond motifs is 1. The summed E-state index contributed by atoms with van der Waals surface area (Å²) >= 11 is 1.67. The molecule has 0 radical (unpaired) electrons. The summed E-state index contributed by atoms with van der Waals surface area (Å²) in [7, 11) is 0. The fraction of sp³-hybridized carbons (Fsp3) is 0.0385. The van der Waals surface area contributed by atoms with E-state index in [0.29, 0.717) is 11.3 Å². The number of nitrogens with zero attached hydrogens (tertiary/aromatic N) is 2. The molecule has 0 aliphatic carbocycles. The van der Waals surface area contributed by atoms with E-state index >= 15 is 0 Å². The maximum absolute atomic E-state index is 12.5. The van der Waals surface area contributed by atoms with Crippen molar-refractivity contribution in [1.29, 1.82) is 0 Å². The van der Waals surface area contributed by atoms with E-state index in [2.05, 4.69) is 39.7 Å². The first kappa shape index (κ1) is 21.4. The van der Waals surface area contributed by atoms with E-state index < -0.39 is 0 Å². The Morgan fingerprint density at radius 2 is 1.74 bits per heavy atom. The molecule has 0 aliphatic rings. The number of nitrogens with two attached hydrogens (primary N) is 1. The maximum Gasteiger partial charge on any atom is 0.255 e. The van der Waals surface area contributed by atoms with Crippen molar-refractivity contribution in [2.24, 2.45) is 0 Å². The number of anilines is 4. The zero-order valence-electron chi connectivity index (χ0n) is 18.2. The third-order valence-corrected chi connectivity index (χ3v) is 6.68. The van der Waals surface area contributed by atoms with Crippen LogP contribution in [0, 0.1) is 6.92 Å². The molecular weight excluding hydrogens is 446 g/mol. The minimum Gasteiger partial charge on any atom is -0.508 e. The van der Waals surface area contributed by atoms with Gasteiger partial charge in [-0.05, 0) is 84.6 Å². The highest BCUT2D eigenvalue weighted by atomic mass is 32.1. The van der Waals surface area contributed by atoms with Crippen LogP contribution in [0.2, 0.25) is 0 Å². The second kappa shape index (κ2) is 8.84. The van der Waals surface area contributed by atoms with Gasteiger partial charge >= 0.3 is 0 Å². The molecule has 2 heterocycles. The summed E-state index contributed by atoms with van der Waals surface area (Å²) in [6, 6.07) is 21.7. The first-order valence-corrected chi connectivity index (χ1v) is 11.4. The molecule has 0 saturated carbocycles. The highest BCUT2D eigenvalue weighted by Crippen LogP contribution is 2.39. The molecule has 3 aromatic carbocycles. The van der Waals surface area contributed by atoms with Crippen LogP contribution in [0.1, 0.15) is 15.9 Å². The third kappa shape index (κ3) is 4.39. The fourth-order valence-electron chi connectivity index (χ4n) is 3.70. The van der Waals surface area contributed by atoms with Crippen LogP contribution >= 0.6 is 11.3 Å². The Morgan fingerprint density at radius 1 is 0.971 bits per heavy atom. The number of rotatable bonds is 5. The van der Waals surface area contributed by atoms with Crippen LogP contribution in [0.25, 0.3) is 20.7 Å². The molecule has 8 heteroatoms. The standard InChI is InChI=1S/C26H21N5O2S/c1-15-21-14-19(7-10-23(21)34-24(15)22-11-12-28-26(27)31-22)29-17-3-2-4-18(13-17)30-25(33)16-5-8-20(32)9-6-16/h2-14,29,32H,1H3,(H,30,33)(H2,27,28,31). The zero-order valence-corrected chi connectivity index (χ0v) is 19.1. The van der Waals surface area contributed by atoms with Crippen molar-refractivity contribution in [3.8, 4) is 16.3 Å². The number of carbonyl (C=O) groups is 1. The van der Waals surface area contributed by atoms with Gasteiger partial charge in [-0.1, -0.05) is 6.07 Å². The van der Waals surface area contributed by atoms with Crippen LogP contribution < -0.4 is 16.4 Å². The molecule has 7 nitrogen and oxygen atoms in total. The number of aromatic hydroxyl groups is 1. The highest BCUT2D eigenvalue weighted by Gasteiger charge is 2.13. The molecule has 5 aromatic rings. The summed E-state index contributed by atoms with van der Waals surface area (Å²) in [5, 5.41) is 16.9. The van der Waals surface area contributed by atoms with Gasteiger partial charge in [0.15, 0.2) is 0 Å². The smallest absolute Gasteiger partial charge is 0.255 e.